The lowest BCUT2D eigenvalue weighted by Gasteiger charge is -2.32. The highest BCUT2D eigenvalue weighted by molar-refractivity contribution is 5.71. The molecule has 0 saturated carbocycles. The first kappa shape index (κ1) is 16.3. The first-order valence-electron chi connectivity index (χ1n) is 8.17. The molecule has 3 rings (SSSR count). The summed E-state index contributed by atoms with van der Waals surface area (Å²) in [5.41, 5.74) is 1.53. The minimum absolute atomic E-state index is 0.238. The summed E-state index contributed by atoms with van der Waals surface area (Å²) in [7, 11) is 0. The lowest BCUT2D eigenvalue weighted by atomic mass is 9.98. The van der Waals surface area contributed by atoms with E-state index in [2.05, 4.69) is 33.8 Å². The van der Waals surface area contributed by atoms with Crippen molar-refractivity contribution in [2.45, 2.75) is 32.6 Å². The standard InChI is InChI=1S/C17H21N5O2/c1-11(2)13-8-15(22-7-3-4-12(10-22)17(23)24)21-16(20-13)14-9-18-5-6-19-14/h5-6,8-9,11-12H,3-4,7,10H2,1-2H3,(H,23,24). The zero-order valence-electron chi connectivity index (χ0n) is 13.9. The summed E-state index contributed by atoms with van der Waals surface area (Å²) in [5.74, 6) is 0.437. The fraction of sp³-hybridized carbons (Fsp3) is 0.471. The van der Waals surface area contributed by atoms with Gasteiger partial charge in [-0.1, -0.05) is 13.8 Å². The molecule has 0 spiro atoms. The Labute approximate surface area is 140 Å². The predicted molar refractivity (Wildman–Crippen MR) is 89.7 cm³/mol. The van der Waals surface area contributed by atoms with Crippen LogP contribution in [0.2, 0.25) is 0 Å². The van der Waals surface area contributed by atoms with Crippen LogP contribution in [0.25, 0.3) is 11.5 Å². The molecule has 7 nitrogen and oxygen atoms in total. The highest BCUT2D eigenvalue weighted by atomic mass is 16.4. The summed E-state index contributed by atoms with van der Waals surface area (Å²) in [5, 5.41) is 9.30. The molecule has 1 aliphatic rings. The average molecular weight is 327 g/mol. The summed E-state index contributed by atoms with van der Waals surface area (Å²) in [6.07, 6.45) is 6.42. The lowest BCUT2D eigenvalue weighted by Crippen LogP contribution is -2.39. The molecule has 7 heteroatoms. The molecule has 1 aliphatic heterocycles. The summed E-state index contributed by atoms with van der Waals surface area (Å²) < 4.78 is 0. The van der Waals surface area contributed by atoms with Crippen LogP contribution in [0.5, 0.6) is 0 Å². The molecule has 1 fully saturated rings. The maximum absolute atomic E-state index is 11.3. The third-order valence-corrected chi connectivity index (χ3v) is 4.21. The molecule has 0 aromatic carbocycles. The number of carbonyl (C=O) groups is 1. The van der Waals surface area contributed by atoms with Gasteiger partial charge >= 0.3 is 5.97 Å². The molecule has 1 saturated heterocycles. The van der Waals surface area contributed by atoms with Gasteiger partial charge in [0.25, 0.3) is 0 Å². The molecule has 0 radical (unpaired) electrons. The van der Waals surface area contributed by atoms with Crippen molar-refractivity contribution < 1.29 is 9.90 Å². The number of piperidine rings is 1. The lowest BCUT2D eigenvalue weighted by molar-refractivity contribution is -0.141. The van der Waals surface area contributed by atoms with Gasteiger partial charge in [-0.05, 0) is 18.8 Å². The number of carboxylic acid groups (broad SMARTS) is 1. The highest BCUT2D eigenvalue weighted by Gasteiger charge is 2.27. The molecular weight excluding hydrogens is 306 g/mol. The van der Waals surface area contributed by atoms with E-state index in [9.17, 15) is 9.90 Å². The zero-order valence-corrected chi connectivity index (χ0v) is 13.9. The van der Waals surface area contributed by atoms with Crippen LogP contribution in [-0.2, 0) is 4.79 Å². The van der Waals surface area contributed by atoms with Crippen molar-refractivity contribution in [2.75, 3.05) is 18.0 Å². The maximum atomic E-state index is 11.3. The van der Waals surface area contributed by atoms with Crippen LogP contribution in [-0.4, -0.2) is 44.1 Å². The van der Waals surface area contributed by atoms with Gasteiger partial charge in [-0.25, -0.2) is 15.0 Å². The number of aromatic nitrogens is 4. The molecule has 3 heterocycles. The molecule has 1 atom stereocenters. The van der Waals surface area contributed by atoms with Crippen molar-refractivity contribution in [3.8, 4) is 11.5 Å². The minimum Gasteiger partial charge on any atom is -0.481 e. The van der Waals surface area contributed by atoms with E-state index in [1.165, 1.54) is 0 Å². The number of hydrogen-bond donors (Lipinski definition) is 1. The van der Waals surface area contributed by atoms with Crippen LogP contribution in [0.15, 0.2) is 24.7 Å². The van der Waals surface area contributed by atoms with E-state index in [1.807, 2.05) is 11.0 Å². The monoisotopic (exact) mass is 327 g/mol. The van der Waals surface area contributed by atoms with Crippen molar-refractivity contribution in [2.24, 2.45) is 5.92 Å². The van der Waals surface area contributed by atoms with Crippen LogP contribution >= 0.6 is 0 Å². The Morgan fingerprint density at radius 3 is 2.83 bits per heavy atom. The van der Waals surface area contributed by atoms with Gasteiger partial charge < -0.3 is 10.0 Å². The summed E-state index contributed by atoms with van der Waals surface area (Å²) >= 11 is 0. The van der Waals surface area contributed by atoms with Gasteiger partial charge in [0.1, 0.15) is 11.5 Å². The SMILES string of the molecule is CC(C)c1cc(N2CCCC(C(=O)O)C2)nc(-c2cnccn2)n1. The Morgan fingerprint density at radius 1 is 1.33 bits per heavy atom. The Hall–Kier alpha value is -2.57. The molecule has 126 valence electrons. The second kappa shape index (κ2) is 6.90. The number of rotatable bonds is 4. The second-order valence-corrected chi connectivity index (χ2v) is 6.34. The van der Waals surface area contributed by atoms with E-state index in [-0.39, 0.29) is 11.8 Å². The smallest absolute Gasteiger partial charge is 0.308 e. The van der Waals surface area contributed by atoms with Crippen molar-refractivity contribution in [1.82, 2.24) is 19.9 Å². The van der Waals surface area contributed by atoms with E-state index in [1.54, 1.807) is 18.6 Å². The van der Waals surface area contributed by atoms with E-state index in [4.69, 9.17) is 0 Å². The number of anilines is 1. The molecule has 1 unspecified atom stereocenters. The van der Waals surface area contributed by atoms with Crippen LogP contribution in [0, 0.1) is 5.92 Å². The fourth-order valence-corrected chi connectivity index (χ4v) is 2.83. The number of hydrogen-bond acceptors (Lipinski definition) is 6. The fourth-order valence-electron chi connectivity index (χ4n) is 2.83. The van der Waals surface area contributed by atoms with E-state index in [0.29, 0.717) is 24.5 Å². The van der Waals surface area contributed by atoms with Crippen LogP contribution in [0.4, 0.5) is 5.82 Å². The van der Waals surface area contributed by atoms with Gasteiger partial charge in [-0.3, -0.25) is 9.78 Å². The van der Waals surface area contributed by atoms with Crippen LogP contribution < -0.4 is 4.90 Å². The molecule has 0 aliphatic carbocycles. The van der Waals surface area contributed by atoms with Crippen molar-refractivity contribution in [1.29, 1.82) is 0 Å². The summed E-state index contributed by atoms with van der Waals surface area (Å²) in [4.78, 5) is 30.9. The molecule has 0 bridgehead atoms. The molecule has 2 aromatic heterocycles. The Morgan fingerprint density at radius 2 is 2.17 bits per heavy atom. The maximum Gasteiger partial charge on any atom is 0.308 e. The Kier molecular flexibility index (Phi) is 4.69. The third-order valence-electron chi connectivity index (χ3n) is 4.21. The summed E-state index contributed by atoms with van der Waals surface area (Å²) in [6, 6.07) is 1.95. The van der Waals surface area contributed by atoms with Gasteiger partial charge in [0, 0.05) is 37.2 Å². The van der Waals surface area contributed by atoms with Gasteiger partial charge in [-0.2, -0.15) is 0 Å². The molecule has 2 aromatic rings. The predicted octanol–water partition coefficient (Wildman–Crippen LogP) is 2.36. The third kappa shape index (κ3) is 3.50. The molecule has 1 N–H and O–H groups in total. The van der Waals surface area contributed by atoms with Gasteiger partial charge in [-0.15, -0.1) is 0 Å². The minimum atomic E-state index is -0.744. The normalized spacial score (nSPS) is 18.0. The van der Waals surface area contributed by atoms with Gasteiger partial charge in [0.15, 0.2) is 5.82 Å². The number of nitrogens with zero attached hydrogens (tertiary/aromatic N) is 5. The van der Waals surface area contributed by atoms with Gasteiger partial charge in [0.05, 0.1) is 12.1 Å². The van der Waals surface area contributed by atoms with E-state index in [0.717, 1.165) is 24.5 Å². The van der Waals surface area contributed by atoms with Gasteiger partial charge in [0.2, 0.25) is 0 Å². The van der Waals surface area contributed by atoms with Crippen LogP contribution in [0.3, 0.4) is 0 Å². The molecule has 0 amide bonds. The number of aliphatic carboxylic acids is 1. The molecular formula is C17H21N5O2. The topological polar surface area (TPSA) is 92.1 Å². The van der Waals surface area contributed by atoms with E-state index >= 15 is 0 Å². The Bertz CT molecular complexity index is 720. The largest absolute Gasteiger partial charge is 0.481 e. The van der Waals surface area contributed by atoms with E-state index < -0.39 is 5.97 Å². The highest BCUT2D eigenvalue weighted by Crippen LogP contribution is 2.26. The van der Waals surface area contributed by atoms with Crippen molar-refractivity contribution in [3.05, 3.63) is 30.4 Å². The quantitative estimate of drug-likeness (QED) is 0.921. The van der Waals surface area contributed by atoms with Crippen molar-refractivity contribution in [3.63, 3.8) is 0 Å². The molecule has 24 heavy (non-hydrogen) atoms. The second-order valence-electron chi connectivity index (χ2n) is 6.34. The summed E-state index contributed by atoms with van der Waals surface area (Å²) in [6.45, 7) is 5.42. The first-order chi connectivity index (χ1) is 11.5. The average Bonchev–Trinajstić information content (AvgIpc) is 2.62. The number of carboxylic acids is 1. The van der Waals surface area contributed by atoms with Crippen LogP contribution in [0.1, 0.15) is 38.3 Å². The first-order valence-corrected chi connectivity index (χ1v) is 8.17. The zero-order chi connectivity index (χ0) is 17.1. The Balaban J connectivity index is 1.98. The van der Waals surface area contributed by atoms with Crippen molar-refractivity contribution >= 4 is 11.8 Å².